The lowest BCUT2D eigenvalue weighted by atomic mass is 9.76. The Morgan fingerprint density at radius 1 is 1.21 bits per heavy atom. The van der Waals surface area contributed by atoms with Crippen molar-refractivity contribution in [3.8, 4) is 0 Å². The number of fused-ring (bicyclic) bond motifs is 1. The number of thioether (sulfide) groups is 1. The number of carbonyl (C=O) groups excluding carboxylic acids is 2. The van der Waals surface area contributed by atoms with Crippen molar-refractivity contribution in [2.75, 3.05) is 13.1 Å². The summed E-state index contributed by atoms with van der Waals surface area (Å²) in [5.41, 5.74) is -2.74. The lowest BCUT2D eigenvalue weighted by Gasteiger charge is -2.41. The Labute approximate surface area is 165 Å². The van der Waals surface area contributed by atoms with Crippen molar-refractivity contribution < 1.29 is 32.6 Å². The van der Waals surface area contributed by atoms with E-state index < -0.39 is 46.6 Å². The van der Waals surface area contributed by atoms with E-state index in [0.29, 0.717) is 0 Å². The van der Waals surface area contributed by atoms with Gasteiger partial charge in [-0.2, -0.15) is 8.78 Å². The van der Waals surface area contributed by atoms with Crippen LogP contribution in [0.25, 0.3) is 0 Å². The number of hydrogen-bond acceptors (Lipinski definition) is 6. The minimum Gasteiger partial charge on any atom is -0.455 e. The number of halogens is 2. The van der Waals surface area contributed by atoms with Gasteiger partial charge < -0.3 is 19.1 Å². The Morgan fingerprint density at radius 2 is 1.86 bits per heavy atom. The molecule has 1 aromatic carbocycles. The summed E-state index contributed by atoms with van der Waals surface area (Å²) in [5, 5.41) is 0. The molecular formula is C19H21F2NO5S. The van der Waals surface area contributed by atoms with Crippen molar-refractivity contribution >= 4 is 23.8 Å². The molecule has 0 radical (unpaired) electrons. The fourth-order valence-electron chi connectivity index (χ4n) is 4.28. The predicted octanol–water partition coefficient (Wildman–Crippen LogP) is 3.10. The van der Waals surface area contributed by atoms with Crippen LogP contribution in [0.1, 0.15) is 20.8 Å². The topological polar surface area (TPSA) is 65.1 Å². The normalized spacial score (nSPS) is 37.0. The molecule has 6 nitrogen and oxygen atoms in total. The van der Waals surface area contributed by atoms with E-state index in [2.05, 4.69) is 0 Å². The molecule has 3 aliphatic heterocycles. The minimum atomic E-state index is -3.72. The van der Waals surface area contributed by atoms with Crippen molar-refractivity contribution in [1.29, 1.82) is 0 Å². The summed E-state index contributed by atoms with van der Waals surface area (Å²) in [4.78, 5) is 27.0. The standard InChI is InChI=1S/C19H21F2NO5S/c1-4-22(5-2)16(24)27-18-13-12(26-15(18)23)17(3,14(25-13)19(18,20)21)28-11-9-7-6-8-10-11/h6-10,12-14H,4-5H2,1-3H3/t12-,13-,14+,17+,18+/m0/s1. The molecule has 0 unspecified atom stereocenters. The molecule has 2 bridgehead atoms. The molecule has 0 N–H and O–H groups in total. The second kappa shape index (κ2) is 6.32. The number of hydrogen-bond donors (Lipinski definition) is 0. The van der Waals surface area contributed by atoms with Crippen LogP contribution in [-0.4, -0.2) is 64.6 Å². The van der Waals surface area contributed by atoms with Crippen LogP contribution in [-0.2, 0) is 19.0 Å². The zero-order chi connectivity index (χ0) is 20.3. The minimum absolute atomic E-state index is 0.270. The van der Waals surface area contributed by atoms with E-state index >= 15 is 8.78 Å². The fourth-order valence-corrected chi connectivity index (χ4v) is 5.68. The van der Waals surface area contributed by atoms with Crippen LogP contribution in [0.15, 0.2) is 35.2 Å². The molecule has 28 heavy (non-hydrogen) atoms. The third-order valence-corrected chi connectivity index (χ3v) is 7.15. The number of alkyl halides is 2. The monoisotopic (exact) mass is 413 g/mol. The van der Waals surface area contributed by atoms with Crippen LogP contribution >= 0.6 is 11.8 Å². The maximum absolute atomic E-state index is 15.5. The van der Waals surface area contributed by atoms with E-state index in [9.17, 15) is 9.59 Å². The maximum Gasteiger partial charge on any atom is 0.411 e. The van der Waals surface area contributed by atoms with E-state index in [4.69, 9.17) is 14.2 Å². The molecule has 4 rings (SSSR count). The number of nitrogens with zero attached hydrogens (tertiary/aromatic N) is 1. The molecule has 9 heteroatoms. The van der Waals surface area contributed by atoms with Crippen molar-refractivity contribution in [3.05, 3.63) is 30.3 Å². The third kappa shape index (κ3) is 2.29. The lowest BCUT2D eigenvalue weighted by Crippen LogP contribution is -2.67. The van der Waals surface area contributed by atoms with E-state index in [1.54, 1.807) is 45.0 Å². The van der Waals surface area contributed by atoms with Gasteiger partial charge in [-0.25, -0.2) is 9.59 Å². The molecular weight excluding hydrogens is 392 g/mol. The summed E-state index contributed by atoms with van der Waals surface area (Å²) in [6.07, 6.45) is -4.90. The molecule has 1 aromatic rings. The number of rotatable bonds is 5. The van der Waals surface area contributed by atoms with Crippen LogP contribution in [0.2, 0.25) is 0 Å². The quantitative estimate of drug-likeness (QED) is 0.692. The highest BCUT2D eigenvalue weighted by Gasteiger charge is 2.91. The number of benzene rings is 1. The second-order valence-corrected chi connectivity index (χ2v) is 8.82. The Morgan fingerprint density at radius 3 is 2.46 bits per heavy atom. The van der Waals surface area contributed by atoms with Crippen molar-refractivity contribution in [2.45, 2.75) is 60.2 Å². The zero-order valence-electron chi connectivity index (χ0n) is 15.7. The Bertz CT molecular complexity index is 805. The lowest BCUT2D eigenvalue weighted by molar-refractivity contribution is -0.192. The first-order valence-electron chi connectivity index (χ1n) is 9.18. The zero-order valence-corrected chi connectivity index (χ0v) is 16.5. The van der Waals surface area contributed by atoms with Crippen LogP contribution in [0, 0.1) is 0 Å². The first-order valence-corrected chi connectivity index (χ1v) is 10.00. The molecule has 1 amide bonds. The highest BCUT2D eigenvalue weighted by molar-refractivity contribution is 8.00. The highest BCUT2D eigenvalue weighted by atomic mass is 32.2. The first kappa shape index (κ1) is 19.4. The number of ether oxygens (including phenoxy) is 3. The third-order valence-electron chi connectivity index (χ3n) is 5.76. The summed E-state index contributed by atoms with van der Waals surface area (Å²) in [5.74, 6) is -4.96. The largest absolute Gasteiger partial charge is 0.455 e. The fraction of sp³-hybridized carbons (Fsp3) is 0.579. The van der Waals surface area contributed by atoms with Gasteiger partial charge in [0.15, 0.2) is 12.2 Å². The van der Waals surface area contributed by atoms with Gasteiger partial charge in [0.25, 0.3) is 0 Å². The van der Waals surface area contributed by atoms with E-state index in [0.717, 1.165) is 4.90 Å². The first-order chi connectivity index (χ1) is 13.2. The molecule has 3 heterocycles. The number of carbonyl (C=O) groups is 2. The average molecular weight is 413 g/mol. The van der Waals surface area contributed by atoms with E-state index in [-0.39, 0.29) is 13.1 Å². The average Bonchev–Trinajstić information content (AvgIpc) is 3.17. The van der Waals surface area contributed by atoms with Gasteiger partial charge in [-0.1, -0.05) is 18.2 Å². The van der Waals surface area contributed by atoms with Crippen molar-refractivity contribution in [1.82, 2.24) is 4.90 Å². The number of esters is 1. The Hall–Kier alpha value is -1.87. The Kier molecular flexibility index (Phi) is 4.39. The van der Waals surface area contributed by atoms with Crippen LogP contribution < -0.4 is 0 Å². The van der Waals surface area contributed by atoms with Crippen LogP contribution in [0.3, 0.4) is 0 Å². The molecule has 0 spiro atoms. The number of amides is 1. The van der Waals surface area contributed by atoms with Crippen molar-refractivity contribution in [2.24, 2.45) is 0 Å². The van der Waals surface area contributed by atoms with Gasteiger partial charge >= 0.3 is 23.6 Å². The maximum atomic E-state index is 15.5. The summed E-state index contributed by atoms with van der Waals surface area (Å²) >= 11 is 1.18. The Balaban J connectivity index is 1.70. The van der Waals surface area contributed by atoms with Gasteiger partial charge in [0, 0.05) is 18.0 Å². The van der Waals surface area contributed by atoms with E-state index in [1.807, 2.05) is 6.07 Å². The molecule has 3 aliphatic rings. The molecule has 3 fully saturated rings. The van der Waals surface area contributed by atoms with Crippen LogP contribution in [0.5, 0.6) is 0 Å². The van der Waals surface area contributed by atoms with Gasteiger partial charge in [-0.15, -0.1) is 11.8 Å². The summed E-state index contributed by atoms with van der Waals surface area (Å²) in [6.45, 7) is 5.53. The molecule has 3 saturated heterocycles. The smallest absolute Gasteiger partial charge is 0.411 e. The molecule has 0 saturated carbocycles. The van der Waals surface area contributed by atoms with E-state index in [1.165, 1.54) is 16.7 Å². The molecule has 0 aliphatic carbocycles. The van der Waals surface area contributed by atoms with Gasteiger partial charge in [0.1, 0.15) is 6.10 Å². The van der Waals surface area contributed by atoms with Gasteiger partial charge in [0.05, 0.1) is 4.75 Å². The summed E-state index contributed by atoms with van der Waals surface area (Å²) in [6, 6.07) is 9.02. The SMILES string of the molecule is CCN(CC)C(=O)O[C@@]12C(=O)O[C@H]3[C@@H]1O[C@@H](C2(F)F)[C@]3(C)Sc1ccccc1. The molecule has 5 atom stereocenters. The highest BCUT2D eigenvalue weighted by Crippen LogP contribution is 2.66. The summed E-state index contributed by atoms with van der Waals surface area (Å²) in [7, 11) is 0. The van der Waals surface area contributed by atoms with Gasteiger partial charge in [0.2, 0.25) is 0 Å². The predicted molar refractivity (Wildman–Crippen MR) is 96.3 cm³/mol. The van der Waals surface area contributed by atoms with Crippen molar-refractivity contribution in [3.63, 3.8) is 0 Å². The summed E-state index contributed by atoms with van der Waals surface area (Å²) < 4.78 is 45.9. The molecule has 0 aromatic heterocycles. The van der Waals surface area contributed by atoms with Gasteiger partial charge in [-0.05, 0) is 32.9 Å². The van der Waals surface area contributed by atoms with Gasteiger partial charge in [-0.3, -0.25) is 0 Å². The second-order valence-electron chi connectivity index (χ2n) is 7.26. The molecule has 152 valence electrons. The van der Waals surface area contributed by atoms with Crippen LogP contribution in [0.4, 0.5) is 13.6 Å².